The minimum Gasteiger partial charge on any atom is -0.285 e. The third-order valence-corrected chi connectivity index (χ3v) is 3.24. The fourth-order valence-corrected chi connectivity index (χ4v) is 2.40. The molecule has 0 aliphatic heterocycles. The number of aromatic nitrogens is 2. The topological polar surface area (TPSA) is 44.9 Å². The standard InChI is InChI=1S/C15H20N4/c1-3-10-18(11-9-16)12-14-13-7-5-6-8-15(13)19(4-2)17-14/h5-8H,3-4,10-12H2,1-2H3. The van der Waals surface area contributed by atoms with Crippen molar-refractivity contribution in [1.82, 2.24) is 14.7 Å². The molecule has 0 fully saturated rings. The van der Waals surface area contributed by atoms with Crippen LogP contribution in [0.2, 0.25) is 0 Å². The molecule has 0 radical (unpaired) electrons. The molecule has 2 rings (SSSR count). The van der Waals surface area contributed by atoms with Crippen LogP contribution in [-0.4, -0.2) is 27.8 Å². The third kappa shape index (κ3) is 2.94. The summed E-state index contributed by atoms with van der Waals surface area (Å²) in [5.74, 6) is 0. The largest absolute Gasteiger partial charge is 0.285 e. The number of aryl methyl sites for hydroxylation is 1. The zero-order chi connectivity index (χ0) is 13.7. The maximum Gasteiger partial charge on any atom is 0.0869 e. The molecule has 0 N–H and O–H groups in total. The number of fused-ring (bicyclic) bond motifs is 1. The van der Waals surface area contributed by atoms with Crippen molar-refractivity contribution < 1.29 is 0 Å². The first-order valence-electron chi connectivity index (χ1n) is 6.83. The molecule has 0 bridgehead atoms. The van der Waals surface area contributed by atoms with E-state index >= 15 is 0 Å². The second kappa shape index (κ2) is 6.35. The van der Waals surface area contributed by atoms with Crippen LogP contribution in [0.15, 0.2) is 24.3 Å². The van der Waals surface area contributed by atoms with Gasteiger partial charge in [-0.25, -0.2) is 0 Å². The normalized spacial score (nSPS) is 11.1. The van der Waals surface area contributed by atoms with Gasteiger partial charge >= 0.3 is 0 Å². The molecule has 4 nitrogen and oxygen atoms in total. The molecule has 0 unspecified atom stereocenters. The van der Waals surface area contributed by atoms with Crippen LogP contribution in [0.3, 0.4) is 0 Å². The van der Waals surface area contributed by atoms with E-state index in [-0.39, 0.29) is 0 Å². The summed E-state index contributed by atoms with van der Waals surface area (Å²) in [6.45, 7) is 7.24. The monoisotopic (exact) mass is 256 g/mol. The Labute approximate surface area is 114 Å². The first-order valence-corrected chi connectivity index (χ1v) is 6.83. The van der Waals surface area contributed by atoms with Crippen LogP contribution < -0.4 is 0 Å². The Balaban J connectivity index is 2.31. The van der Waals surface area contributed by atoms with Crippen molar-refractivity contribution in [3.05, 3.63) is 30.0 Å². The Morgan fingerprint density at radius 3 is 2.79 bits per heavy atom. The van der Waals surface area contributed by atoms with Crippen LogP contribution in [0, 0.1) is 11.3 Å². The lowest BCUT2D eigenvalue weighted by molar-refractivity contribution is 0.294. The first kappa shape index (κ1) is 13.6. The highest BCUT2D eigenvalue weighted by Gasteiger charge is 2.12. The van der Waals surface area contributed by atoms with Gasteiger partial charge < -0.3 is 0 Å². The Bertz CT molecular complexity index is 579. The predicted octanol–water partition coefficient (Wildman–Crippen LogP) is 2.79. The molecular formula is C15H20N4. The highest BCUT2D eigenvalue weighted by molar-refractivity contribution is 5.81. The van der Waals surface area contributed by atoms with Crippen molar-refractivity contribution in [2.24, 2.45) is 0 Å². The molecule has 0 saturated carbocycles. The van der Waals surface area contributed by atoms with Gasteiger partial charge in [-0.1, -0.05) is 25.1 Å². The molecule has 0 spiro atoms. The molecule has 1 aromatic heterocycles. The molecule has 0 atom stereocenters. The highest BCUT2D eigenvalue weighted by Crippen LogP contribution is 2.19. The Kier molecular flexibility index (Phi) is 4.53. The number of hydrogen-bond acceptors (Lipinski definition) is 3. The molecule has 0 aliphatic rings. The molecule has 1 heterocycles. The van der Waals surface area contributed by atoms with Crippen LogP contribution >= 0.6 is 0 Å². The number of nitrogens with zero attached hydrogens (tertiary/aromatic N) is 4. The number of benzene rings is 1. The summed E-state index contributed by atoms with van der Waals surface area (Å²) in [6, 6.07) is 10.5. The van der Waals surface area contributed by atoms with E-state index in [9.17, 15) is 0 Å². The maximum atomic E-state index is 8.89. The smallest absolute Gasteiger partial charge is 0.0869 e. The van der Waals surface area contributed by atoms with Crippen molar-refractivity contribution >= 4 is 10.9 Å². The Morgan fingerprint density at radius 1 is 1.32 bits per heavy atom. The van der Waals surface area contributed by atoms with Crippen LogP contribution in [0.5, 0.6) is 0 Å². The molecule has 1 aromatic carbocycles. The van der Waals surface area contributed by atoms with E-state index in [0.717, 1.165) is 31.7 Å². The van der Waals surface area contributed by atoms with Crippen molar-refractivity contribution in [3.8, 4) is 6.07 Å². The first-order chi connectivity index (χ1) is 9.30. The SMILES string of the molecule is CCCN(CC#N)Cc1nn(CC)c2ccccc12. The molecule has 100 valence electrons. The second-order valence-corrected chi connectivity index (χ2v) is 4.65. The highest BCUT2D eigenvalue weighted by atomic mass is 15.3. The van der Waals surface area contributed by atoms with Crippen molar-refractivity contribution in [3.63, 3.8) is 0 Å². The minimum atomic E-state index is 0.459. The summed E-state index contributed by atoms with van der Waals surface area (Å²) in [7, 11) is 0. The summed E-state index contributed by atoms with van der Waals surface area (Å²) < 4.78 is 2.03. The lowest BCUT2D eigenvalue weighted by Gasteiger charge is -2.16. The van der Waals surface area contributed by atoms with Gasteiger partial charge in [0.2, 0.25) is 0 Å². The average molecular weight is 256 g/mol. The minimum absolute atomic E-state index is 0.459. The van der Waals surface area contributed by atoms with Crippen LogP contribution in [-0.2, 0) is 13.1 Å². The lowest BCUT2D eigenvalue weighted by Crippen LogP contribution is -2.24. The van der Waals surface area contributed by atoms with Crippen LogP contribution in [0.4, 0.5) is 0 Å². The molecule has 0 saturated heterocycles. The maximum absolute atomic E-state index is 8.89. The van der Waals surface area contributed by atoms with Crippen molar-refractivity contribution in [2.75, 3.05) is 13.1 Å². The van der Waals surface area contributed by atoms with Gasteiger partial charge in [-0.05, 0) is 26.0 Å². The predicted molar refractivity (Wildman–Crippen MR) is 76.6 cm³/mol. The average Bonchev–Trinajstić information content (AvgIpc) is 2.78. The van der Waals surface area contributed by atoms with Gasteiger partial charge in [-0.3, -0.25) is 9.58 Å². The fraction of sp³-hybridized carbons (Fsp3) is 0.467. The van der Waals surface area contributed by atoms with E-state index < -0.39 is 0 Å². The summed E-state index contributed by atoms with van der Waals surface area (Å²) >= 11 is 0. The van der Waals surface area contributed by atoms with Crippen LogP contribution in [0.1, 0.15) is 26.0 Å². The van der Waals surface area contributed by atoms with E-state index in [1.807, 2.05) is 16.8 Å². The Hall–Kier alpha value is -1.86. The van der Waals surface area contributed by atoms with Gasteiger partial charge in [-0.15, -0.1) is 0 Å². The van der Waals surface area contributed by atoms with Gasteiger partial charge in [-0.2, -0.15) is 10.4 Å². The lowest BCUT2D eigenvalue weighted by atomic mass is 10.2. The van der Waals surface area contributed by atoms with Gasteiger partial charge in [0.1, 0.15) is 0 Å². The number of hydrogen-bond donors (Lipinski definition) is 0. The van der Waals surface area contributed by atoms with E-state index in [1.54, 1.807) is 0 Å². The Morgan fingerprint density at radius 2 is 2.11 bits per heavy atom. The molecule has 2 aromatic rings. The van der Waals surface area contributed by atoms with Gasteiger partial charge in [0.05, 0.1) is 23.8 Å². The van der Waals surface area contributed by atoms with E-state index in [0.29, 0.717) is 6.54 Å². The number of nitriles is 1. The molecule has 0 amide bonds. The molecule has 19 heavy (non-hydrogen) atoms. The van der Waals surface area contributed by atoms with Gasteiger partial charge in [0.15, 0.2) is 0 Å². The van der Waals surface area contributed by atoms with E-state index in [1.165, 1.54) is 10.9 Å². The molecule has 0 aliphatic carbocycles. The quantitative estimate of drug-likeness (QED) is 0.746. The molecular weight excluding hydrogens is 236 g/mol. The van der Waals surface area contributed by atoms with E-state index in [4.69, 9.17) is 5.26 Å². The van der Waals surface area contributed by atoms with Crippen molar-refractivity contribution in [2.45, 2.75) is 33.4 Å². The zero-order valence-electron chi connectivity index (χ0n) is 11.6. The summed E-state index contributed by atoms with van der Waals surface area (Å²) in [5.41, 5.74) is 2.24. The summed E-state index contributed by atoms with van der Waals surface area (Å²) in [4.78, 5) is 2.15. The molecule has 4 heteroatoms. The summed E-state index contributed by atoms with van der Waals surface area (Å²) in [5, 5.41) is 14.8. The number of para-hydroxylation sites is 1. The number of rotatable bonds is 6. The fourth-order valence-electron chi connectivity index (χ4n) is 2.40. The second-order valence-electron chi connectivity index (χ2n) is 4.65. The van der Waals surface area contributed by atoms with Crippen molar-refractivity contribution in [1.29, 1.82) is 5.26 Å². The van der Waals surface area contributed by atoms with E-state index in [2.05, 4.69) is 42.0 Å². The zero-order valence-corrected chi connectivity index (χ0v) is 11.6. The van der Waals surface area contributed by atoms with Gasteiger partial charge in [0, 0.05) is 18.5 Å². The summed E-state index contributed by atoms with van der Waals surface area (Å²) in [6.07, 6.45) is 1.05. The van der Waals surface area contributed by atoms with Crippen LogP contribution in [0.25, 0.3) is 10.9 Å². The third-order valence-electron chi connectivity index (χ3n) is 3.24. The van der Waals surface area contributed by atoms with Gasteiger partial charge in [0.25, 0.3) is 0 Å².